The van der Waals surface area contributed by atoms with Crippen molar-refractivity contribution in [3.8, 4) is 11.5 Å². The molecule has 0 aliphatic rings. The van der Waals surface area contributed by atoms with E-state index in [1.807, 2.05) is 38.1 Å². The fraction of sp³-hybridized carbons (Fsp3) is 0.429. The predicted molar refractivity (Wildman–Crippen MR) is 111 cm³/mol. The van der Waals surface area contributed by atoms with Gasteiger partial charge in [-0.1, -0.05) is 35.3 Å². The Hall–Kier alpha value is -1.46. The van der Waals surface area contributed by atoms with Crippen molar-refractivity contribution in [1.29, 1.82) is 0 Å². The van der Waals surface area contributed by atoms with Crippen LogP contribution < -0.4 is 14.8 Å². The summed E-state index contributed by atoms with van der Waals surface area (Å²) in [6.45, 7) is 8.13. The molecule has 0 aromatic heterocycles. The van der Waals surface area contributed by atoms with E-state index >= 15 is 0 Å². The minimum atomic E-state index is 0.352. The summed E-state index contributed by atoms with van der Waals surface area (Å²) in [5.74, 6) is 1.43. The minimum absolute atomic E-state index is 0.352. The summed E-state index contributed by atoms with van der Waals surface area (Å²) in [6, 6.07) is 11.4. The average Bonchev–Trinajstić information content (AvgIpc) is 2.65. The molecule has 1 N–H and O–H groups in total. The first-order valence-corrected chi connectivity index (χ1v) is 10.0. The number of benzene rings is 2. The smallest absolute Gasteiger partial charge is 0.161 e. The second-order valence-electron chi connectivity index (χ2n) is 5.97. The Bertz CT molecular complexity index is 710. The standard InChI is InChI=1S/C21H27Cl2NO3/c1-3-25-11-5-10-24-14-16-6-9-20(21(12-16)26-4-2)27-15-17-7-8-18(22)13-19(17)23/h6-9,12-13,24H,3-5,10-11,14-15H2,1-2H3. The van der Waals surface area contributed by atoms with E-state index in [-0.39, 0.29) is 0 Å². The van der Waals surface area contributed by atoms with E-state index in [1.165, 1.54) is 0 Å². The number of hydrogen-bond donors (Lipinski definition) is 1. The van der Waals surface area contributed by atoms with Gasteiger partial charge >= 0.3 is 0 Å². The number of hydrogen-bond acceptors (Lipinski definition) is 4. The Labute approximate surface area is 171 Å². The Balaban J connectivity index is 1.93. The Morgan fingerprint density at radius 1 is 0.926 bits per heavy atom. The summed E-state index contributed by atoms with van der Waals surface area (Å²) in [5.41, 5.74) is 2.02. The lowest BCUT2D eigenvalue weighted by Crippen LogP contribution is -2.16. The predicted octanol–water partition coefficient (Wildman–Crippen LogP) is 5.49. The van der Waals surface area contributed by atoms with Gasteiger partial charge in [0.15, 0.2) is 11.5 Å². The molecule has 0 saturated heterocycles. The lowest BCUT2D eigenvalue weighted by atomic mass is 10.2. The molecule has 0 aliphatic heterocycles. The van der Waals surface area contributed by atoms with Gasteiger partial charge in [0.25, 0.3) is 0 Å². The number of rotatable bonds is 12. The Morgan fingerprint density at radius 3 is 2.52 bits per heavy atom. The molecule has 0 atom stereocenters. The summed E-state index contributed by atoms with van der Waals surface area (Å²) < 4.78 is 17.0. The zero-order valence-electron chi connectivity index (χ0n) is 15.9. The monoisotopic (exact) mass is 411 g/mol. The third kappa shape index (κ3) is 7.59. The summed E-state index contributed by atoms with van der Waals surface area (Å²) in [6.07, 6.45) is 0.995. The minimum Gasteiger partial charge on any atom is -0.490 e. The molecule has 2 rings (SSSR count). The second-order valence-corrected chi connectivity index (χ2v) is 6.81. The molecule has 0 spiro atoms. The summed E-state index contributed by atoms with van der Waals surface area (Å²) in [4.78, 5) is 0. The van der Waals surface area contributed by atoms with Gasteiger partial charge in [-0.25, -0.2) is 0 Å². The number of ether oxygens (including phenoxy) is 3. The number of halogens is 2. The molecule has 0 unspecified atom stereocenters. The van der Waals surface area contributed by atoms with Crippen LogP contribution in [0.5, 0.6) is 11.5 Å². The average molecular weight is 412 g/mol. The first-order valence-electron chi connectivity index (χ1n) is 9.25. The maximum atomic E-state index is 6.21. The highest BCUT2D eigenvalue weighted by Crippen LogP contribution is 2.30. The zero-order valence-corrected chi connectivity index (χ0v) is 17.4. The zero-order chi connectivity index (χ0) is 19.5. The van der Waals surface area contributed by atoms with E-state index in [9.17, 15) is 0 Å². The molecule has 4 nitrogen and oxygen atoms in total. The van der Waals surface area contributed by atoms with Crippen LogP contribution >= 0.6 is 23.2 Å². The first-order chi connectivity index (χ1) is 13.1. The molecular weight excluding hydrogens is 385 g/mol. The fourth-order valence-electron chi connectivity index (χ4n) is 2.52. The van der Waals surface area contributed by atoms with Crippen LogP contribution in [0.25, 0.3) is 0 Å². The first kappa shape index (κ1) is 21.8. The molecule has 0 radical (unpaired) electrons. The Kier molecular flexibility index (Phi) is 9.78. The van der Waals surface area contributed by atoms with Gasteiger partial charge < -0.3 is 19.5 Å². The highest BCUT2D eigenvalue weighted by Gasteiger charge is 2.09. The molecular formula is C21H27Cl2NO3. The van der Waals surface area contributed by atoms with Crippen molar-refractivity contribution in [2.75, 3.05) is 26.4 Å². The van der Waals surface area contributed by atoms with Crippen LogP contribution in [0.1, 0.15) is 31.4 Å². The molecule has 0 bridgehead atoms. The molecule has 6 heteroatoms. The van der Waals surface area contributed by atoms with Gasteiger partial charge in [-0.3, -0.25) is 0 Å². The molecule has 0 fully saturated rings. The van der Waals surface area contributed by atoms with Crippen molar-refractivity contribution in [2.24, 2.45) is 0 Å². The van der Waals surface area contributed by atoms with Gasteiger partial charge in [0.2, 0.25) is 0 Å². The van der Waals surface area contributed by atoms with E-state index < -0.39 is 0 Å². The molecule has 0 saturated carbocycles. The van der Waals surface area contributed by atoms with Crippen molar-refractivity contribution in [3.63, 3.8) is 0 Å². The van der Waals surface area contributed by atoms with Crippen LogP contribution in [0.3, 0.4) is 0 Å². The normalized spacial score (nSPS) is 10.8. The number of nitrogens with one attached hydrogen (secondary N) is 1. The van der Waals surface area contributed by atoms with Crippen LogP contribution in [-0.2, 0) is 17.9 Å². The van der Waals surface area contributed by atoms with Crippen LogP contribution in [-0.4, -0.2) is 26.4 Å². The summed E-state index contributed by atoms with van der Waals surface area (Å²) in [7, 11) is 0. The van der Waals surface area contributed by atoms with E-state index in [2.05, 4.69) is 5.32 Å². The Morgan fingerprint density at radius 2 is 1.78 bits per heavy atom. The summed E-state index contributed by atoms with van der Waals surface area (Å²) >= 11 is 12.1. The van der Waals surface area contributed by atoms with Gasteiger partial charge in [-0.15, -0.1) is 0 Å². The van der Waals surface area contributed by atoms with Crippen LogP contribution in [0.2, 0.25) is 10.0 Å². The lowest BCUT2D eigenvalue weighted by molar-refractivity contribution is 0.144. The fourth-order valence-corrected chi connectivity index (χ4v) is 2.98. The van der Waals surface area contributed by atoms with E-state index in [0.29, 0.717) is 29.0 Å². The second kappa shape index (κ2) is 12.1. The SMILES string of the molecule is CCOCCCNCc1ccc(OCc2ccc(Cl)cc2Cl)c(OCC)c1. The van der Waals surface area contributed by atoms with E-state index in [4.69, 9.17) is 37.4 Å². The molecule has 0 heterocycles. The van der Waals surface area contributed by atoms with Crippen molar-refractivity contribution in [2.45, 2.75) is 33.4 Å². The van der Waals surface area contributed by atoms with Crippen molar-refractivity contribution >= 4 is 23.2 Å². The molecule has 2 aromatic rings. The van der Waals surface area contributed by atoms with Crippen molar-refractivity contribution < 1.29 is 14.2 Å². The van der Waals surface area contributed by atoms with Gasteiger partial charge in [0.1, 0.15) is 6.61 Å². The quantitative estimate of drug-likeness (QED) is 0.468. The molecule has 148 valence electrons. The highest BCUT2D eigenvalue weighted by molar-refractivity contribution is 6.35. The summed E-state index contributed by atoms with van der Waals surface area (Å²) in [5, 5.41) is 4.61. The van der Waals surface area contributed by atoms with Crippen LogP contribution in [0, 0.1) is 0 Å². The van der Waals surface area contributed by atoms with Gasteiger partial charge in [-0.2, -0.15) is 0 Å². The topological polar surface area (TPSA) is 39.7 Å². The molecule has 0 aliphatic carbocycles. The largest absolute Gasteiger partial charge is 0.490 e. The van der Waals surface area contributed by atoms with E-state index in [1.54, 1.807) is 12.1 Å². The van der Waals surface area contributed by atoms with Gasteiger partial charge in [0.05, 0.1) is 6.61 Å². The van der Waals surface area contributed by atoms with Gasteiger partial charge in [0, 0.05) is 35.4 Å². The van der Waals surface area contributed by atoms with Crippen LogP contribution in [0.4, 0.5) is 0 Å². The molecule has 2 aromatic carbocycles. The van der Waals surface area contributed by atoms with E-state index in [0.717, 1.165) is 49.6 Å². The maximum Gasteiger partial charge on any atom is 0.161 e. The van der Waals surface area contributed by atoms with Crippen LogP contribution in [0.15, 0.2) is 36.4 Å². The highest BCUT2D eigenvalue weighted by atomic mass is 35.5. The van der Waals surface area contributed by atoms with Crippen molar-refractivity contribution in [1.82, 2.24) is 5.32 Å². The third-order valence-electron chi connectivity index (χ3n) is 3.88. The van der Waals surface area contributed by atoms with Gasteiger partial charge in [-0.05, 0) is 56.6 Å². The lowest BCUT2D eigenvalue weighted by Gasteiger charge is -2.14. The molecule has 27 heavy (non-hydrogen) atoms. The molecule has 0 amide bonds. The maximum absolute atomic E-state index is 6.21. The third-order valence-corrected chi connectivity index (χ3v) is 4.47. The van der Waals surface area contributed by atoms with Crippen molar-refractivity contribution in [3.05, 3.63) is 57.6 Å².